The van der Waals surface area contributed by atoms with Crippen LogP contribution in [0, 0.1) is 0 Å². The van der Waals surface area contributed by atoms with Crippen molar-refractivity contribution in [2.45, 2.75) is 78.6 Å². The minimum atomic E-state index is -0.0877. The second-order valence-electron chi connectivity index (χ2n) is 11.6. The van der Waals surface area contributed by atoms with E-state index in [-0.39, 0.29) is 5.41 Å². The molecule has 0 radical (unpaired) electrons. The van der Waals surface area contributed by atoms with Crippen molar-refractivity contribution < 1.29 is 9.47 Å². The Morgan fingerprint density at radius 3 is 1.88 bits per heavy atom. The van der Waals surface area contributed by atoms with Gasteiger partial charge in [0, 0.05) is 22.6 Å². The number of nitrogens with zero attached hydrogens (tertiary/aromatic N) is 5. The van der Waals surface area contributed by atoms with Gasteiger partial charge in [0.15, 0.2) is 5.65 Å². The van der Waals surface area contributed by atoms with E-state index in [1.54, 1.807) is 0 Å². The zero-order chi connectivity index (χ0) is 28.8. The normalized spacial score (nSPS) is 11.8. The van der Waals surface area contributed by atoms with Gasteiger partial charge in [0.25, 0.3) is 5.95 Å². The molecule has 0 saturated carbocycles. The molecule has 5 aromatic rings. The number of benzene rings is 2. The lowest BCUT2D eigenvalue weighted by molar-refractivity contribution is 0.306. The van der Waals surface area contributed by atoms with Gasteiger partial charge in [-0.3, -0.25) is 5.10 Å². The molecule has 3 heterocycles. The van der Waals surface area contributed by atoms with Crippen molar-refractivity contribution in [3.8, 4) is 40.0 Å². The molecule has 0 atom stereocenters. The van der Waals surface area contributed by atoms with Crippen molar-refractivity contribution >= 4 is 5.65 Å². The summed E-state index contributed by atoms with van der Waals surface area (Å²) in [6, 6.07) is 20.5. The third-order valence-electron chi connectivity index (χ3n) is 7.17. The molecular weight excluding hydrogens is 512 g/mol. The number of rotatable bonds is 13. The lowest BCUT2D eigenvalue weighted by Crippen LogP contribution is -2.13. The maximum absolute atomic E-state index is 5.96. The van der Waals surface area contributed by atoms with E-state index in [1.807, 2.05) is 39.5 Å². The smallest absolute Gasteiger partial charge is 0.271 e. The number of fused-ring (bicyclic) bond motifs is 1. The first-order valence-corrected chi connectivity index (χ1v) is 14.9. The molecule has 0 unspecified atom stereocenters. The molecule has 0 bridgehead atoms. The summed E-state index contributed by atoms with van der Waals surface area (Å²) in [4.78, 5) is 0. The molecule has 3 aromatic heterocycles. The van der Waals surface area contributed by atoms with Crippen molar-refractivity contribution in [2.24, 2.45) is 0 Å². The maximum atomic E-state index is 5.96. The molecule has 0 saturated heterocycles. The number of nitrogens with one attached hydrogen (secondary N) is 1. The van der Waals surface area contributed by atoms with E-state index in [9.17, 15) is 0 Å². The number of H-pyrrole nitrogens is 1. The van der Waals surface area contributed by atoms with Gasteiger partial charge in [-0.2, -0.15) is 19.4 Å². The predicted octanol–water partition coefficient (Wildman–Crippen LogP) is 8.01. The van der Waals surface area contributed by atoms with Gasteiger partial charge in [0.2, 0.25) is 0 Å². The third-order valence-corrected chi connectivity index (χ3v) is 7.17. The standard InChI is InChI=1S/C33H42N6O2/c1-6-8-10-20-40-26-16-12-24(13-17-26)28-22-29(25-14-18-27(19-15-25)41-21-11-9-7-2)38(36-28)32-35-34-31-23-30(33(3,4)5)37-39(31)32/h12-19,22-23,34H,6-11,20-21H2,1-5H3. The van der Waals surface area contributed by atoms with E-state index in [0.29, 0.717) is 5.95 Å². The van der Waals surface area contributed by atoms with Crippen LogP contribution >= 0.6 is 0 Å². The fourth-order valence-electron chi connectivity index (χ4n) is 4.68. The van der Waals surface area contributed by atoms with Gasteiger partial charge in [0.1, 0.15) is 11.5 Å². The number of hydrogen-bond donors (Lipinski definition) is 1. The van der Waals surface area contributed by atoms with Gasteiger partial charge in [-0.15, -0.1) is 5.10 Å². The van der Waals surface area contributed by atoms with Crippen LogP contribution in [0.2, 0.25) is 0 Å². The van der Waals surface area contributed by atoms with Crippen LogP contribution in [0.3, 0.4) is 0 Å². The van der Waals surface area contributed by atoms with Crippen LogP contribution in [0.5, 0.6) is 11.5 Å². The van der Waals surface area contributed by atoms with E-state index in [2.05, 4.69) is 75.1 Å². The molecule has 0 spiro atoms. The molecule has 5 rings (SSSR count). The highest BCUT2D eigenvalue weighted by molar-refractivity contribution is 5.71. The number of hydrogen-bond acceptors (Lipinski definition) is 5. The molecule has 8 heteroatoms. The highest BCUT2D eigenvalue weighted by Gasteiger charge is 2.23. The maximum Gasteiger partial charge on any atom is 0.271 e. The van der Waals surface area contributed by atoms with E-state index >= 15 is 0 Å². The van der Waals surface area contributed by atoms with Crippen LogP contribution in [-0.2, 0) is 5.41 Å². The van der Waals surface area contributed by atoms with E-state index in [1.165, 1.54) is 25.7 Å². The SMILES string of the molecule is CCCCCOc1ccc(-c2cc(-c3ccc(OCCCCC)cc3)n(-c3n[nH]c4cc(C(C)(C)C)nn34)n2)cc1. The van der Waals surface area contributed by atoms with Crippen LogP contribution in [0.1, 0.15) is 78.8 Å². The summed E-state index contributed by atoms with van der Waals surface area (Å²) < 4.78 is 15.6. The third kappa shape index (κ3) is 6.64. The Bertz CT molecular complexity index is 1540. The molecule has 0 aliphatic carbocycles. The minimum absolute atomic E-state index is 0.0877. The number of aromatic nitrogens is 6. The Morgan fingerprint density at radius 1 is 0.732 bits per heavy atom. The summed E-state index contributed by atoms with van der Waals surface area (Å²) in [6.07, 6.45) is 6.84. The second-order valence-corrected chi connectivity index (χ2v) is 11.6. The van der Waals surface area contributed by atoms with Gasteiger partial charge in [-0.25, -0.2) is 0 Å². The summed E-state index contributed by atoms with van der Waals surface area (Å²) in [7, 11) is 0. The molecule has 0 amide bonds. The van der Waals surface area contributed by atoms with Crippen molar-refractivity contribution in [1.82, 2.24) is 29.6 Å². The molecule has 1 N–H and O–H groups in total. The highest BCUT2D eigenvalue weighted by atomic mass is 16.5. The Labute approximate surface area is 242 Å². The van der Waals surface area contributed by atoms with Crippen molar-refractivity contribution in [3.63, 3.8) is 0 Å². The van der Waals surface area contributed by atoms with Gasteiger partial charge in [0.05, 0.1) is 30.3 Å². The van der Waals surface area contributed by atoms with E-state index in [0.717, 1.165) is 71.4 Å². The predicted molar refractivity (Wildman–Crippen MR) is 164 cm³/mol. The molecule has 41 heavy (non-hydrogen) atoms. The largest absolute Gasteiger partial charge is 0.494 e. The number of aromatic amines is 1. The molecule has 0 aliphatic heterocycles. The van der Waals surface area contributed by atoms with E-state index < -0.39 is 0 Å². The van der Waals surface area contributed by atoms with Crippen LogP contribution in [0.25, 0.3) is 34.1 Å². The Kier molecular flexibility index (Phi) is 8.76. The van der Waals surface area contributed by atoms with Gasteiger partial charge in [-0.05, 0) is 67.4 Å². The minimum Gasteiger partial charge on any atom is -0.494 e. The van der Waals surface area contributed by atoms with Crippen molar-refractivity contribution in [1.29, 1.82) is 0 Å². The fourth-order valence-corrected chi connectivity index (χ4v) is 4.68. The molecule has 8 nitrogen and oxygen atoms in total. The zero-order valence-electron chi connectivity index (χ0n) is 25.0. The van der Waals surface area contributed by atoms with Gasteiger partial charge >= 0.3 is 0 Å². The van der Waals surface area contributed by atoms with Gasteiger partial charge < -0.3 is 9.47 Å². The summed E-state index contributed by atoms with van der Waals surface area (Å²) in [5.74, 6) is 2.35. The fraction of sp³-hybridized carbons (Fsp3) is 0.424. The molecule has 2 aromatic carbocycles. The summed E-state index contributed by atoms with van der Waals surface area (Å²) in [5.41, 5.74) is 5.50. The summed E-state index contributed by atoms with van der Waals surface area (Å²) in [5, 5.41) is 17.7. The Balaban J connectivity index is 1.48. The number of ether oxygens (including phenoxy) is 2. The van der Waals surface area contributed by atoms with Crippen LogP contribution < -0.4 is 9.47 Å². The zero-order valence-corrected chi connectivity index (χ0v) is 25.0. The van der Waals surface area contributed by atoms with E-state index in [4.69, 9.17) is 19.7 Å². The first-order valence-electron chi connectivity index (χ1n) is 14.9. The average molecular weight is 555 g/mol. The van der Waals surface area contributed by atoms with Crippen LogP contribution in [0.4, 0.5) is 0 Å². The quantitative estimate of drug-likeness (QED) is 0.149. The molecule has 216 valence electrons. The molecular formula is C33H42N6O2. The monoisotopic (exact) mass is 554 g/mol. The Hall–Kier alpha value is -4.07. The highest BCUT2D eigenvalue weighted by Crippen LogP contribution is 2.31. The molecule has 0 aliphatic rings. The van der Waals surface area contributed by atoms with Crippen molar-refractivity contribution in [3.05, 3.63) is 66.4 Å². The number of unbranched alkanes of at least 4 members (excludes halogenated alkanes) is 4. The first-order chi connectivity index (χ1) is 19.9. The summed E-state index contributed by atoms with van der Waals surface area (Å²) >= 11 is 0. The van der Waals surface area contributed by atoms with Crippen LogP contribution in [-0.4, -0.2) is 42.8 Å². The lowest BCUT2D eigenvalue weighted by Gasteiger charge is -2.13. The molecule has 0 fully saturated rings. The first kappa shape index (κ1) is 28.5. The van der Waals surface area contributed by atoms with Crippen LogP contribution in [0.15, 0.2) is 60.7 Å². The Morgan fingerprint density at radius 2 is 1.32 bits per heavy atom. The van der Waals surface area contributed by atoms with Gasteiger partial charge in [-0.1, -0.05) is 60.3 Å². The lowest BCUT2D eigenvalue weighted by atomic mass is 9.93. The van der Waals surface area contributed by atoms with Crippen molar-refractivity contribution in [2.75, 3.05) is 13.2 Å². The topological polar surface area (TPSA) is 82.3 Å². The second kappa shape index (κ2) is 12.6. The average Bonchev–Trinajstić information content (AvgIpc) is 3.69. The summed E-state index contributed by atoms with van der Waals surface area (Å²) in [6.45, 7) is 12.3.